The molecule has 2 heterocycles. The van der Waals surface area contributed by atoms with E-state index in [1.807, 2.05) is 0 Å². The third kappa shape index (κ3) is 3.16. The number of carbonyl (C=O) groups excluding carboxylic acids is 1. The Hall–Kier alpha value is -2.26. The van der Waals surface area contributed by atoms with Crippen molar-refractivity contribution in [2.75, 3.05) is 26.2 Å². The minimum Gasteiger partial charge on any atom is -0.469 e. The first kappa shape index (κ1) is 17.6. The van der Waals surface area contributed by atoms with Gasteiger partial charge in [0.25, 0.3) is 5.91 Å². The Labute approximate surface area is 143 Å². The maximum atomic E-state index is 13.8. The first-order valence-electron chi connectivity index (χ1n) is 7.60. The zero-order chi connectivity index (χ0) is 18.2. The van der Waals surface area contributed by atoms with Gasteiger partial charge in [-0.15, -0.1) is 0 Å². The van der Waals surface area contributed by atoms with Gasteiger partial charge in [0.1, 0.15) is 17.4 Å². The van der Waals surface area contributed by atoms with E-state index in [1.165, 1.54) is 11.2 Å². The number of piperazine rings is 1. The smallest absolute Gasteiger partial charge is 0.257 e. The minimum atomic E-state index is -4.31. The largest absolute Gasteiger partial charge is 0.469 e. The molecule has 0 radical (unpaired) electrons. The van der Waals surface area contributed by atoms with Gasteiger partial charge in [-0.05, 0) is 25.1 Å². The Morgan fingerprint density at radius 2 is 1.68 bits per heavy atom. The molecule has 2 aromatic rings. The standard InChI is InChI=1S/C16H16F2N2O4S/c1-11-12(5-10-24-11)16(21)19-6-8-20(9-7-19)25(22,23)15-13(17)3-2-4-14(15)18/h2-5,10H,6-9H2,1H3. The van der Waals surface area contributed by atoms with E-state index in [2.05, 4.69) is 0 Å². The molecule has 1 amide bonds. The van der Waals surface area contributed by atoms with Crippen molar-refractivity contribution in [2.45, 2.75) is 11.8 Å². The number of hydrogen-bond donors (Lipinski definition) is 0. The fourth-order valence-corrected chi connectivity index (χ4v) is 4.30. The molecule has 0 aliphatic carbocycles. The van der Waals surface area contributed by atoms with Gasteiger partial charge in [-0.25, -0.2) is 17.2 Å². The number of hydrogen-bond acceptors (Lipinski definition) is 4. The number of nitrogens with zero attached hydrogens (tertiary/aromatic N) is 2. The van der Waals surface area contributed by atoms with Crippen LogP contribution in [0.15, 0.2) is 39.8 Å². The molecule has 6 nitrogen and oxygen atoms in total. The Kier molecular flexibility index (Phi) is 4.61. The molecule has 1 aromatic carbocycles. The van der Waals surface area contributed by atoms with Crippen LogP contribution >= 0.6 is 0 Å². The lowest BCUT2D eigenvalue weighted by atomic mass is 10.2. The highest BCUT2D eigenvalue weighted by atomic mass is 32.2. The third-order valence-electron chi connectivity index (χ3n) is 4.13. The van der Waals surface area contributed by atoms with Crippen molar-refractivity contribution in [3.63, 3.8) is 0 Å². The number of benzene rings is 1. The summed E-state index contributed by atoms with van der Waals surface area (Å²) in [7, 11) is -4.31. The van der Waals surface area contributed by atoms with E-state index in [-0.39, 0.29) is 32.1 Å². The summed E-state index contributed by atoms with van der Waals surface area (Å²) in [5, 5.41) is 0. The van der Waals surface area contributed by atoms with Crippen molar-refractivity contribution in [1.82, 2.24) is 9.21 Å². The molecule has 0 spiro atoms. The highest BCUT2D eigenvalue weighted by Crippen LogP contribution is 2.24. The van der Waals surface area contributed by atoms with Crippen molar-refractivity contribution in [1.29, 1.82) is 0 Å². The molecule has 0 bridgehead atoms. The number of aryl methyl sites for hydroxylation is 1. The van der Waals surface area contributed by atoms with Gasteiger partial charge in [-0.1, -0.05) is 6.07 Å². The fraction of sp³-hybridized carbons (Fsp3) is 0.312. The number of halogens is 2. The van der Waals surface area contributed by atoms with Crippen LogP contribution in [0.3, 0.4) is 0 Å². The Morgan fingerprint density at radius 1 is 1.08 bits per heavy atom. The second kappa shape index (κ2) is 6.57. The van der Waals surface area contributed by atoms with Gasteiger partial charge in [0.15, 0.2) is 4.90 Å². The molecule has 1 aliphatic rings. The van der Waals surface area contributed by atoms with Crippen LogP contribution in [0.25, 0.3) is 0 Å². The first-order valence-corrected chi connectivity index (χ1v) is 9.04. The van der Waals surface area contributed by atoms with Crippen molar-refractivity contribution >= 4 is 15.9 Å². The zero-order valence-electron chi connectivity index (χ0n) is 13.4. The van der Waals surface area contributed by atoms with Crippen LogP contribution in [-0.2, 0) is 10.0 Å². The maximum Gasteiger partial charge on any atom is 0.257 e. The molecule has 1 saturated heterocycles. The lowest BCUT2D eigenvalue weighted by Gasteiger charge is -2.34. The first-order chi connectivity index (χ1) is 11.8. The molecule has 25 heavy (non-hydrogen) atoms. The van der Waals surface area contributed by atoms with E-state index < -0.39 is 26.6 Å². The normalized spacial score (nSPS) is 16.2. The summed E-state index contributed by atoms with van der Waals surface area (Å²) in [6.07, 6.45) is 1.41. The maximum absolute atomic E-state index is 13.8. The molecule has 3 rings (SSSR count). The van der Waals surface area contributed by atoms with Gasteiger partial charge in [-0.3, -0.25) is 4.79 Å². The van der Waals surface area contributed by atoms with Crippen LogP contribution < -0.4 is 0 Å². The van der Waals surface area contributed by atoms with Crippen LogP contribution in [0.5, 0.6) is 0 Å². The van der Waals surface area contributed by atoms with Crippen molar-refractivity contribution in [3.8, 4) is 0 Å². The molecular formula is C16H16F2N2O4S. The Morgan fingerprint density at radius 3 is 2.20 bits per heavy atom. The van der Waals surface area contributed by atoms with Crippen molar-refractivity contribution < 1.29 is 26.4 Å². The van der Waals surface area contributed by atoms with E-state index in [0.29, 0.717) is 11.3 Å². The summed E-state index contributed by atoms with van der Waals surface area (Å²) in [6.45, 7) is 1.82. The third-order valence-corrected chi connectivity index (χ3v) is 6.08. The second-order valence-corrected chi connectivity index (χ2v) is 7.51. The minimum absolute atomic E-state index is 0.0429. The second-order valence-electron chi connectivity index (χ2n) is 5.64. The number of amides is 1. The van der Waals surface area contributed by atoms with Gasteiger partial charge in [0, 0.05) is 26.2 Å². The van der Waals surface area contributed by atoms with Gasteiger partial charge in [0.2, 0.25) is 10.0 Å². The summed E-state index contributed by atoms with van der Waals surface area (Å²) in [5.74, 6) is -2.05. The summed E-state index contributed by atoms with van der Waals surface area (Å²) >= 11 is 0. The van der Waals surface area contributed by atoms with Crippen LogP contribution in [0, 0.1) is 18.6 Å². The predicted octanol–water partition coefficient (Wildman–Crippen LogP) is 2.01. The van der Waals surface area contributed by atoms with E-state index in [1.54, 1.807) is 13.0 Å². The number of sulfonamides is 1. The predicted molar refractivity (Wildman–Crippen MR) is 84.5 cm³/mol. The van der Waals surface area contributed by atoms with Crippen LogP contribution in [-0.4, -0.2) is 49.7 Å². The average Bonchev–Trinajstić information content (AvgIpc) is 3.00. The van der Waals surface area contributed by atoms with Gasteiger partial charge in [0.05, 0.1) is 11.8 Å². The molecule has 9 heteroatoms. The van der Waals surface area contributed by atoms with Crippen LogP contribution in [0.2, 0.25) is 0 Å². The highest BCUT2D eigenvalue weighted by Gasteiger charge is 2.34. The van der Waals surface area contributed by atoms with Gasteiger partial charge in [-0.2, -0.15) is 4.31 Å². The fourth-order valence-electron chi connectivity index (χ4n) is 2.77. The number of furan rings is 1. The Bertz CT molecular complexity index is 882. The summed E-state index contributed by atoms with van der Waals surface area (Å²) in [5.41, 5.74) is 0.413. The zero-order valence-corrected chi connectivity index (χ0v) is 14.2. The summed E-state index contributed by atoms with van der Waals surface area (Å²) in [6, 6.07) is 4.46. The lowest BCUT2D eigenvalue weighted by Crippen LogP contribution is -2.50. The molecule has 0 atom stereocenters. The van der Waals surface area contributed by atoms with Crippen molar-refractivity contribution in [2.24, 2.45) is 0 Å². The van der Waals surface area contributed by atoms with E-state index >= 15 is 0 Å². The van der Waals surface area contributed by atoms with Crippen LogP contribution in [0.4, 0.5) is 8.78 Å². The molecule has 0 saturated carbocycles. The Balaban J connectivity index is 1.76. The van der Waals surface area contributed by atoms with E-state index in [9.17, 15) is 22.0 Å². The molecule has 1 aliphatic heterocycles. The molecule has 134 valence electrons. The molecule has 1 aromatic heterocycles. The summed E-state index contributed by atoms with van der Waals surface area (Å²) < 4.78 is 58.7. The molecule has 0 N–H and O–H groups in total. The lowest BCUT2D eigenvalue weighted by molar-refractivity contribution is 0.0695. The topological polar surface area (TPSA) is 70.8 Å². The molecular weight excluding hydrogens is 354 g/mol. The van der Waals surface area contributed by atoms with Crippen molar-refractivity contribution in [3.05, 3.63) is 53.5 Å². The summed E-state index contributed by atoms with van der Waals surface area (Å²) in [4.78, 5) is 12.9. The molecule has 0 unspecified atom stereocenters. The average molecular weight is 370 g/mol. The van der Waals surface area contributed by atoms with E-state index in [4.69, 9.17) is 4.42 Å². The number of rotatable bonds is 3. The molecule has 1 fully saturated rings. The van der Waals surface area contributed by atoms with E-state index in [0.717, 1.165) is 22.5 Å². The monoisotopic (exact) mass is 370 g/mol. The van der Waals surface area contributed by atoms with Gasteiger partial charge < -0.3 is 9.32 Å². The van der Waals surface area contributed by atoms with Gasteiger partial charge >= 0.3 is 0 Å². The highest BCUT2D eigenvalue weighted by molar-refractivity contribution is 7.89. The quantitative estimate of drug-likeness (QED) is 0.829. The number of carbonyl (C=O) groups is 1. The SMILES string of the molecule is Cc1occc1C(=O)N1CCN(S(=O)(=O)c2c(F)cccc2F)CC1. The van der Waals surface area contributed by atoms with Crippen LogP contribution in [0.1, 0.15) is 16.1 Å².